The molecular weight excluding hydrogens is 178 g/mol. The van der Waals surface area contributed by atoms with Crippen LogP contribution in [-0.2, 0) is 0 Å². The minimum atomic E-state index is -1.25. The van der Waals surface area contributed by atoms with Gasteiger partial charge >= 0.3 is 0 Å². The molecule has 0 aliphatic rings. The Hall–Kier alpha value is -1.37. The molecule has 0 heterocycles. The lowest BCUT2D eigenvalue weighted by Crippen LogP contribution is -2.03. The molecule has 76 valence electrons. The number of aliphatic hydroxyl groups is 2. The van der Waals surface area contributed by atoms with Crippen LogP contribution in [0.1, 0.15) is 19.3 Å². The maximum atomic E-state index is 8.62. The minimum Gasteiger partial charge on any atom is -0.368 e. The molecule has 0 radical (unpaired) electrons. The summed E-state index contributed by atoms with van der Waals surface area (Å²) in [5.74, 6) is 0. The van der Waals surface area contributed by atoms with Gasteiger partial charge in [-0.25, -0.2) is 0 Å². The fourth-order valence-electron chi connectivity index (χ4n) is 1.01. The third kappa shape index (κ3) is 7.29. The molecule has 3 nitrogen and oxygen atoms in total. The Morgan fingerprint density at radius 3 is 2.71 bits per heavy atom. The quantitative estimate of drug-likeness (QED) is 0.383. The van der Waals surface area contributed by atoms with Crippen LogP contribution in [-0.4, -0.2) is 16.5 Å². The number of nitriles is 1. The van der Waals surface area contributed by atoms with Crippen LogP contribution in [0.2, 0.25) is 0 Å². The van der Waals surface area contributed by atoms with Crippen LogP contribution in [0.5, 0.6) is 0 Å². The number of nitrogens with zero attached hydrogens (tertiary/aromatic N) is 1. The normalized spacial score (nSPS) is 12.0. The molecule has 14 heavy (non-hydrogen) atoms. The van der Waals surface area contributed by atoms with Gasteiger partial charge in [0.05, 0.1) is 6.07 Å². The van der Waals surface area contributed by atoms with E-state index in [-0.39, 0.29) is 0 Å². The maximum Gasteiger partial charge on any atom is 0.151 e. The lowest BCUT2D eigenvalue weighted by Gasteiger charge is -2.03. The highest BCUT2D eigenvalue weighted by atomic mass is 16.5. The number of hydrogen-bond acceptors (Lipinski definition) is 3. The molecule has 0 aromatic heterocycles. The molecule has 0 fully saturated rings. The summed E-state index contributed by atoms with van der Waals surface area (Å²) in [4.78, 5) is 0. The van der Waals surface area contributed by atoms with E-state index in [1.54, 1.807) is 18.2 Å². The summed E-state index contributed by atoms with van der Waals surface area (Å²) in [6.07, 6.45) is 7.02. The van der Waals surface area contributed by atoms with E-state index >= 15 is 0 Å². The largest absolute Gasteiger partial charge is 0.368 e. The highest BCUT2D eigenvalue weighted by Gasteiger charge is 1.98. The van der Waals surface area contributed by atoms with Crippen molar-refractivity contribution in [2.75, 3.05) is 0 Å². The van der Waals surface area contributed by atoms with Crippen molar-refractivity contribution in [1.29, 1.82) is 5.26 Å². The Morgan fingerprint density at radius 1 is 1.50 bits per heavy atom. The molecule has 0 atom stereocenters. The zero-order valence-corrected chi connectivity index (χ0v) is 8.06. The van der Waals surface area contributed by atoms with Crippen LogP contribution in [0.25, 0.3) is 0 Å². The van der Waals surface area contributed by atoms with Crippen LogP contribution in [0, 0.1) is 11.3 Å². The van der Waals surface area contributed by atoms with Gasteiger partial charge in [0.15, 0.2) is 6.29 Å². The van der Waals surface area contributed by atoms with Crippen molar-refractivity contribution in [1.82, 2.24) is 0 Å². The summed E-state index contributed by atoms with van der Waals surface area (Å²) >= 11 is 0. The average molecular weight is 193 g/mol. The molecular formula is C11H15NO2. The van der Waals surface area contributed by atoms with Gasteiger partial charge in [0, 0.05) is 6.08 Å². The van der Waals surface area contributed by atoms with Gasteiger partial charge in [-0.1, -0.05) is 18.7 Å². The van der Waals surface area contributed by atoms with Crippen molar-refractivity contribution in [3.05, 3.63) is 36.5 Å². The molecule has 0 amide bonds. The van der Waals surface area contributed by atoms with Crippen molar-refractivity contribution in [2.24, 2.45) is 0 Å². The Kier molecular flexibility index (Phi) is 7.43. The first-order valence-corrected chi connectivity index (χ1v) is 4.44. The molecule has 0 rings (SSSR count). The molecule has 0 aliphatic heterocycles. The Labute approximate surface area is 84.3 Å². The average Bonchev–Trinajstić information content (AvgIpc) is 2.13. The summed E-state index contributed by atoms with van der Waals surface area (Å²) in [5.41, 5.74) is 0.960. The molecule has 2 N–H and O–H groups in total. The number of rotatable bonds is 6. The van der Waals surface area contributed by atoms with Crippen molar-refractivity contribution in [2.45, 2.75) is 25.6 Å². The fraction of sp³-hybridized carbons (Fsp3) is 0.364. The number of allylic oxidation sites excluding steroid dienone is 5. The van der Waals surface area contributed by atoms with Gasteiger partial charge in [0.1, 0.15) is 0 Å². The van der Waals surface area contributed by atoms with E-state index in [1.165, 1.54) is 6.08 Å². The highest BCUT2D eigenvalue weighted by molar-refractivity contribution is 5.25. The predicted octanol–water partition coefficient (Wildman–Crippen LogP) is 1.66. The second-order valence-electron chi connectivity index (χ2n) is 2.81. The first-order chi connectivity index (χ1) is 6.70. The zero-order valence-electron chi connectivity index (χ0n) is 8.06. The van der Waals surface area contributed by atoms with Crippen LogP contribution < -0.4 is 0 Å². The van der Waals surface area contributed by atoms with E-state index in [2.05, 4.69) is 6.58 Å². The Bertz CT molecular complexity index is 259. The molecule has 3 heteroatoms. The van der Waals surface area contributed by atoms with E-state index in [4.69, 9.17) is 15.5 Å². The summed E-state index contributed by atoms with van der Waals surface area (Å²) in [7, 11) is 0. The summed E-state index contributed by atoms with van der Waals surface area (Å²) in [5, 5.41) is 25.6. The van der Waals surface area contributed by atoms with Crippen LogP contribution in [0.15, 0.2) is 36.5 Å². The maximum absolute atomic E-state index is 8.62. The first-order valence-electron chi connectivity index (χ1n) is 4.44. The van der Waals surface area contributed by atoms with Gasteiger partial charge in [0.25, 0.3) is 0 Å². The van der Waals surface area contributed by atoms with E-state index < -0.39 is 6.29 Å². The van der Waals surface area contributed by atoms with Crippen molar-refractivity contribution in [3.8, 4) is 6.07 Å². The predicted molar refractivity (Wildman–Crippen MR) is 55.1 cm³/mol. The van der Waals surface area contributed by atoms with Gasteiger partial charge < -0.3 is 10.2 Å². The van der Waals surface area contributed by atoms with Gasteiger partial charge in [0.2, 0.25) is 0 Å². The van der Waals surface area contributed by atoms with Crippen LogP contribution in [0.4, 0.5) is 0 Å². The molecule has 0 aromatic carbocycles. The van der Waals surface area contributed by atoms with E-state index in [0.717, 1.165) is 5.57 Å². The van der Waals surface area contributed by atoms with Crippen molar-refractivity contribution < 1.29 is 10.2 Å². The number of aliphatic hydroxyl groups excluding tert-OH is 1. The zero-order chi connectivity index (χ0) is 10.8. The Morgan fingerprint density at radius 2 is 2.21 bits per heavy atom. The first kappa shape index (κ1) is 12.6. The molecule has 0 unspecified atom stereocenters. The summed E-state index contributed by atoms with van der Waals surface area (Å²) in [6, 6.07) is 1.90. The fourth-order valence-corrected chi connectivity index (χ4v) is 1.01. The molecule has 0 bridgehead atoms. The third-order valence-corrected chi connectivity index (χ3v) is 1.63. The second kappa shape index (κ2) is 8.24. The highest BCUT2D eigenvalue weighted by Crippen LogP contribution is 2.10. The van der Waals surface area contributed by atoms with Gasteiger partial charge in [-0.15, -0.1) is 0 Å². The van der Waals surface area contributed by atoms with Crippen LogP contribution in [0.3, 0.4) is 0 Å². The molecule has 0 saturated carbocycles. The van der Waals surface area contributed by atoms with Crippen molar-refractivity contribution in [3.63, 3.8) is 0 Å². The lowest BCUT2D eigenvalue weighted by molar-refractivity contribution is -0.0461. The van der Waals surface area contributed by atoms with Crippen LogP contribution >= 0.6 is 0 Å². The standard InChI is InChI=1S/C11H15NO2/c1-2-5-10(7-4-9-12)6-3-8-11(13)14/h2,4-5,7,11,13-14H,1,3,6,8H2. The van der Waals surface area contributed by atoms with Crippen molar-refractivity contribution >= 4 is 0 Å². The smallest absolute Gasteiger partial charge is 0.151 e. The topological polar surface area (TPSA) is 64.2 Å². The molecule has 0 aromatic rings. The summed E-state index contributed by atoms with van der Waals surface area (Å²) < 4.78 is 0. The van der Waals surface area contributed by atoms with Gasteiger partial charge in [-0.2, -0.15) is 5.26 Å². The molecule has 0 spiro atoms. The lowest BCUT2D eigenvalue weighted by atomic mass is 10.1. The van der Waals surface area contributed by atoms with E-state index in [9.17, 15) is 0 Å². The number of hydrogen-bond donors (Lipinski definition) is 2. The van der Waals surface area contributed by atoms with E-state index in [1.807, 2.05) is 6.07 Å². The molecule has 0 saturated heterocycles. The van der Waals surface area contributed by atoms with Gasteiger partial charge in [-0.3, -0.25) is 0 Å². The Balaban J connectivity index is 4.00. The molecule has 0 aliphatic carbocycles. The monoisotopic (exact) mass is 193 g/mol. The minimum absolute atomic E-state index is 0.342. The second-order valence-corrected chi connectivity index (χ2v) is 2.81. The third-order valence-electron chi connectivity index (χ3n) is 1.63. The summed E-state index contributed by atoms with van der Waals surface area (Å²) in [6.45, 7) is 3.56. The SMILES string of the molecule is C=CC=C(C=CC#N)CCCC(O)O. The van der Waals surface area contributed by atoms with Gasteiger partial charge in [-0.05, 0) is 30.9 Å². The van der Waals surface area contributed by atoms with E-state index in [0.29, 0.717) is 19.3 Å².